The Balaban J connectivity index is 1.78. The molecule has 7 nitrogen and oxygen atoms in total. The summed E-state index contributed by atoms with van der Waals surface area (Å²) in [5, 5.41) is 2.71. The Morgan fingerprint density at radius 2 is 1.81 bits per heavy atom. The summed E-state index contributed by atoms with van der Waals surface area (Å²) >= 11 is 0. The van der Waals surface area contributed by atoms with Gasteiger partial charge in [-0.2, -0.15) is 0 Å². The number of carbonyl (C=O) groups excluding carboxylic acids is 2. The van der Waals surface area contributed by atoms with Gasteiger partial charge in [-0.05, 0) is 62.4 Å². The highest BCUT2D eigenvalue weighted by Crippen LogP contribution is 2.23. The topological polar surface area (TPSA) is 95.6 Å². The number of hydrogen-bond acceptors (Lipinski definition) is 4. The lowest BCUT2D eigenvalue weighted by atomic mass is 10.1. The molecule has 1 heterocycles. The first-order valence-corrected chi connectivity index (χ1v) is 10.1. The monoisotopic (exact) mass is 387 g/mol. The molecule has 1 saturated heterocycles. The SMILES string of the molecule is CNS(=O)(=O)c1cc(NC(=O)c2ccc(N3CCCC3=O)cc2)ccc1C. The standard InChI is InChI=1S/C19H21N3O4S/c1-13-5-8-15(12-17(13)27(25,26)20-2)21-19(24)14-6-9-16(10-7-14)22-11-3-4-18(22)23/h5-10,12,20H,3-4,11H2,1-2H3,(H,21,24). The second-order valence-electron chi connectivity index (χ2n) is 6.34. The average molecular weight is 387 g/mol. The molecule has 1 aliphatic rings. The number of rotatable bonds is 5. The zero-order valence-corrected chi connectivity index (χ0v) is 16.0. The quantitative estimate of drug-likeness (QED) is 0.823. The summed E-state index contributed by atoms with van der Waals surface area (Å²) in [4.78, 5) is 26.1. The van der Waals surface area contributed by atoms with Gasteiger partial charge in [-0.3, -0.25) is 9.59 Å². The van der Waals surface area contributed by atoms with Crippen LogP contribution in [0.3, 0.4) is 0 Å². The number of nitrogens with zero attached hydrogens (tertiary/aromatic N) is 1. The van der Waals surface area contributed by atoms with E-state index in [-0.39, 0.29) is 16.7 Å². The van der Waals surface area contributed by atoms with Crippen molar-refractivity contribution in [1.29, 1.82) is 0 Å². The molecule has 2 N–H and O–H groups in total. The fraction of sp³-hybridized carbons (Fsp3) is 0.263. The van der Waals surface area contributed by atoms with Crippen molar-refractivity contribution < 1.29 is 18.0 Å². The fourth-order valence-electron chi connectivity index (χ4n) is 2.99. The summed E-state index contributed by atoms with van der Waals surface area (Å²) in [6, 6.07) is 11.5. The van der Waals surface area contributed by atoms with Crippen LogP contribution < -0.4 is 14.9 Å². The number of anilines is 2. The molecule has 0 spiro atoms. The summed E-state index contributed by atoms with van der Waals surface area (Å²) in [6.45, 7) is 2.38. The fourth-order valence-corrected chi connectivity index (χ4v) is 3.99. The highest BCUT2D eigenvalue weighted by atomic mass is 32.2. The summed E-state index contributed by atoms with van der Waals surface area (Å²) in [5.41, 5.74) is 2.16. The van der Waals surface area contributed by atoms with E-state index >= 15 is 0 Å². The van der Waals surface area contributed by atoms with E-state index in [0.717, 1.165) is 12.1 Å². The van der Waals surface area contributed by atoms with Crippen LogP contribution in [0.25, 0.3) is 0 Å². The molecule has 2 aromatic rings. The normalized spacial score (nSPS) is 14.4. The van der Waals surface area contributed by atoms with Gasteiger partial charge in [0, 0.05) is 29.9 Å². The molecule has 8 heteroatoms. The number of sulfonamides is 1. The number of carbonyl (C=O) groups is 2. The lowest BCUT2D eigenvalue weighted by molar-refractivity contribution is -0.117. The molecule has 0 aromatic heterocycles. The minimum absolute atomic E-state index is 0.0881. The Kier molecular flexibility index (Phi) is 5.29. The molecule has 142 valence electrons. The van der Waals surface area contributed by atoms with Crippen molar-refractivity contribution >= 4 is 33.2 Å². The van der Waals surface area contributed by atoms with Crippen molar-refractivity contribution in [3.05, 3.63) is 53.6 Å². The predicted octanol–water partition coefficient (Wildman–Crippen LogP) is 2.28. The van der Waals surface area contributed by atoms with Crippen molar-refractivity contribution in [3.8, 4) is 0 Å². The molecule has 0 bridgehead atoms. The van der Waals surface area contributed by atoms with Crippen LogP contribution in [0.5, 0.6) is 0 Å². The summed E-state index contributed by atoms with van der Waals surface area (Å²) in [5.74, 6) is -0.268. The van der Waals surface area contributed by atoms with Gasteiger partial charge >= 0.3 is 0 Å². The van der Waals surface area contributed by atoms with E-state index in [0.29, 0.717) is 29.8 Å². The van der Waals surface area contributed by atoms with Gasteiger partial charge < -0.3 is 10.2 Å². The summed E-state index contributed by atoms with van der Waals surface area (Å²) < 4.78 is 26.4. The number of nitrogens with one attached hydrogen (secondary N) is 2. The first-order chi connectivity index (χ1) is 12.8. The van der Waals surface area contributed by atoms with Gasteiger partial charge in [0.25, 0.3) is 5.91 Å². The largest absolute Gasteiger partial charge is 0.322 e. The van der Waals surface area contributed by atoms with Gasteiger partial charge in [0.15, 0.2) is 0 Å². The third-order valence-corrected chi connectivity index (χ3v) is 6.08. The maximum absolute atomic E-state index is 12.5. The molecule has 27 heavy (non-hydrogen) atoms. The van der Waals surface area contributed by atoms with Crippen LogP contribution in [0.15, 0.2) is 47.4 Å². The smallest absolute Gasteiger partial charge is 0.255 e. The molecule has 1 aliphatic heterocycles. The Morgan fingerprint density at radius 1 is 1.11 bits per heavy atom. The van der Waals surface area contributed by atoms with Crippen molar-refractivity contribution in [2.75, 3.05) is 23.8 Å². The van der Waals surface area contributed by atoms with Crippen LogP contribution in [0, 0.1) is 6.92 Å². The highest BCUT2D eigenvalue weighted by Gasteiger charge is 2.22. The van der Waals surface area contributed by atoms with Gasteiger partial charge in [0.2, 0.25) is 15.9 Å². The van der Waals surface area contributed by atoms with Crippen molar-refractivity contribution in [1.82, 2.24) is 4.72 Å². The number of amides is 2. The van der Waals surface area contributed by atoms with E-state index in [4.69, 9.17) is 0 Å². The van der Waals surface area contributed by atoms with Crippen LogP contribution in [0.2, 0.25) is 0 Å². The van der Waals surface area contributed by atoms with E-state index in [1.165, 1.54) is 13.1 Å². The van der Waals surface area contributed by atoms with Crippen molar-refractivity contribution in [3.63, 3.8) is 0 Å². The van der Waals surface area contributed by atoms with Crippen LogP contribution in [0.4, 0.5) is 11.4 Å². The molecule has 3 rings (SSSR count). The lowest BCUT2D eigenvalue weighted by Crippen LogP contribution is -2.23. The zero-order valence-electron chi connectivity index (χ0n) is 15.2. The van der Waals surface area contributed by atoms with Crippen molar-refractivity contribution in [2.45, 2.75) is 24.7 Å². The Bertz CT molecular complexity index is 985. The van der Waals surface area contributed by atoms with E-state index < -0.39 is 10.0 Å². The second-order valence-corrected chi connectivity index (χ2v) is 8.19. The van der Waals surface area contributed by atoms with E-state index in [1.54, 1.807) is 48.2 Å². The molecule has 2 amide bonds. The number of hydrogen-bond donors (Lipinski definition) is 2. The zero-order chi connectivity index (χ0) is 19.6. The molecule has 0 atom stereocenters. The van der Waals surface area contributed by atoms with Gasteiger partial charge in [-0.1, -0.05) is 6.07 Å². The average Bonchev–Trinajstić information content (AvgIpc) is 3.09. The molecular weight excluding hydrogens is 366 g/mol. The minimum Gasteiger partial charge on any atom is -0.322 e. The van der Waals surface area contributed by atoms with Crippen LogP contribution in [0.1, 0.15) is 28.8 Å². The first-order valence-electron chi connectivity index (χ1n) is 8.58. The summed E-state index contributed by atoms with van der Waals surface area (Å²) in [6.07, 6.45) is 1.39. The molecule has 0 radical (unpaired) electrons. The third-order valence-electron chi connectivity index (χ3n) is 4.52. The molecular formula is C19H21N3O4S. The maximum Gasteiger partial charge on any atom is 0.255 e. The Labute approximate surface area is 158 Å². The van der Waals surface area contributed by atoms with Gasteiger partial charge in [0.1, 0.15) is 0 Å². The number of aryl methyl sites for hydroxylation is 1. The summed E-state index contributed by atoms with van der Waals surface area (Å²) in [7, 11) is -2.27. The minimum atomic E-state index is -3.61. The van der Waals surface area contributed by atoms with Gasteiger partial charge in [0.05, 0.1) is 4.90 Å². The number of benzene rings is 2. The van der Waals surface area contributed by atoms with E-state index in [2.05, 4.69) is 10.0 Å². The Morgan fingerprint density at radius 3 is 2.41 bits per heavy atom. The van der Waals surface area contributed by atoms with Crippen molar-refractivity contribution in [2.24, 2.45) is 0 Å². The second kappa shape index (κ2) is 7.50. The molecule has 2 aromatic carbocycles. The van der Waals surface area contributed by atoms with Crippen LogP contribution in [-0.4, -0.2) is 33.8 Å². The molecule has 0 saturated carbocycles. The maximum atomic E-state index is 12.5. The Hall–Kier alpha value is -2.71. The highest BCUT2D eigenvalue weighted by molar-refractivity contribution is 7.89. The predicted molar refractivity (Wildman–Crippen MR) is 103 cm³/mol. The van der Waals surface area contributed by atoms with Crippen LogP contribution in [-0.2, 0) is 14.8 Å². The molecule has 0 unspecified atom stereocenters. The van der Waals surface area contributed by atoms with E-state index in [9.17, 15) is 18.0 Å². The first kappa shape index (κ1) is 19.1. The molecule has 0 aliphatic carbocycles. The van der Waals surface area contributed by atoms with Gasteiger partial charge in [-0.25, -0.2) is 13.1 Å². The lowest BCUT2D eigenvalue weighted by Gasteiger charge is -2.16. The van der Waals surface area contributed by atoms with Crippen LogP contribution >= 0.6 is 0 Å². The van der Waals surface area contributed by atoms with Gasteiger partial charge in [-0.15, -0.1) is 0 Å². The third kappa shape index (κ3) is 4.01. The van der Waals surface area contributed by atoms with E-state index in [1.807, 2.05) is 0 Å². The molecule has 1 fully saturated rings.